The summed E-state index contributed by atoms with van der Waals surface area (Å²) in [5.74, 6) is -0.768. The smallest absolute Gasteiger partial charge is 0.237 e. The van der Waals surface area contributed by atoms with Crippen LogP contribution in [0.15, 0.2) is 30.5 Å². The third-order valence-corrected chi connectivity index (χ3v) is 5.20. The van der Waals surface area contributed by atoms with Crippen molar-refractivity contribution in [2.45, 2.75) is 25.5 Å². The van der Waals surface area contributed by atoms with E-state index in [2.05, 4.69) is 20.0 Å². The molecule has 1 aromatic carbocycles. The zero-order valence-corrected chi connectivity index (χ0v) is 14.3. The van der Waals surface area contributed by atoms with Crippen molar-refractivity contribution >= 4 is 38.8 Å². The molecule has 0 atom stereocenters. The van der Waals surface area contributed by atoms with Gasteiger partial charge in [0.25, 0.3) is 0 Å². The van der Waals surface area contributed by atoms with Crippen LogP contribution < -0.4 is 10.0 Å². The number of nitrogens with one attached hydrogen (secondary N) is 2. The summed E-state index contributed by atoms with van der Waals surface area (Å²) in [6, 6.07) is 6.39. The van der Waals surface area contributed by atoms with Crippen LogP contribution >= 0.6 is 11.6 Å². The van der Waals surface area contributed by atoms with Crippen LogP contribution in [-0.4, -0.2) is 23.1 Å². The van der Waals surface area contributed by atoms with E-state index in [4.69, 9.17) is 11.6 Å². The summed E-state index contributed by atoms with van der Waals surface area (Å²) in [7, 11) is -3.55. The minimum absolute atomic E-state index is 0.0965. The van der Waals surface area contributed by atoms with Gasteiger partial charge in [0.15, 0.2) is 11.6 Å². The number of nitrogens with zero attached hydrogens (tertiary/aromatic N) is 2. The van der Waals surface area contributed by atoms with Crippen molar-refractivity contribution in [2.24, 2.45) is 0 Å². The molecule has 0 aliphatic heterocycles. The molecule has 1 heterocycles. The summed E-state index contributed by atoms with van der Waals surface area (Å²) in [5.41, 5.74) is 0.804. The topological polar surface area (TPSA) is 84.0 Å². The van der Waals surface area contributed by atoms with Crippen LogP contribution in [0, 0.1) is 5.82 Å². The number of anilines is 3. The highest BCUT2D eigenvalue weighted by atomic mass is 35.5. The van der Waals surface area contributed by atoms with Crippen molar-refractivity contribution in [3.05, 3.63) is 41.6 Å². The molecule has 0 amide bonds. The van der Waals surface area contributed by atoms with E-state index in [-0.39, 0.29) is 11.1 Å². The number of aromatic nitrogens is 2. The van der Waals surface area contributed by atoms with Gasteiger partial charge in [0.1, 0.15) is 0 Å². The predicted octanol–water partition coefficient (Wildman–Crippen LogP) is 3.55. The first-order valence-electron chi connectivity index (χ1n) is 6.66. The fourth-order valence-corrected chi connectivity index (χ4v) is 2.42. The molecule has 23 heavy (non-hydrogen) atoms. The standard InChI is InChI=1S/C14H16ClFN4O2S/c1-14(2,3)23(21,22)20-10-6-4-5-9(7-10)18-12-11(16)8-17-13(15)19-12/h4-8,20H,1-3H3,(H,17,18,19). The first-order valence-corrected chi connectivity index (χ1v) is 8.52. The van der Waals surface area contributed by atoms with E-state index in [1.807, 2.05) is 0 Å². The highest BCUT2D eigenvalue weighted by Gasteiger charge is 2.28. The van der Waals surface area contributed by atoms with Gasteiger partial charge in [-0.2, -0.15) is 4.98 Å². The van der Waals surface area contributed by atoms with Gasteiger partial charge in [0, 0.05) is 5.69 Å². The number of hydrogen-bond donors (Lipinski definition) is 2. The molecule has 0 saturated carbocycles. The van der Waals surface area contributed by atoms with Crippen LogP contribution in [-0.2, 0) is 10.0 Å². The van der Waals surface area contributed by atoms with Gasteiger partial charge in [-0.3, -0.25) is 4.72 Å². The molecule has 0 saturated heterocycles. The molecule has 9 heteroatoms. The van der Waals surface area contributed by atoms with E-state index >= 15 is 0 Å². The highest BCUT2D eigenvalue weighted by Crippen LogP contribution is 2.24. The molecule has 2 N–H and O–H groups in total. The normalized spacial score (nSPS) is 12.0. The molecule has 0 unspecified atom stereocenters. The maximum absolute atomic E-state index is 13.6. The van der Waals surface area contributed by atoms with Crippen molar-refractivity contribution in [1.29, 1.82) is 0 Å². The molecule has 0 aliphatic rings. The van der Waals surface area contributed by atoms with E-state index in [1.54, 1.807) is 39.0 Å². The Labute approximate surface area is 139 Å². The van der Waals surface area contributed by atoms with E-state index < -0.39 is 20.6 Å². The summed E-state index contributed by atoms with van der Waals surface area (Å²) < 4.78 is 39.5. The van der Waals surface area contributed by atoms with Gasteiger partial charge in [-0.1, -0.05) is 6.07 Å². The monoisotopic (exact) mass is 358 g/mol. The Hall–Kier alpha value is -1.93. The van der Waals surface area contributed by atoms with Crippen LogP contribution in [0.3, 0.4) is 0 Å². The van der Waals surface area contributed by atoms with Crippen LogP contribution in [0.25, 0.3) is 0 Å². The lowest BCUT2D eigenvalue weighted by molar-refractivity contribution is 0.566. The SMILES string of the molecule is CC(C)(C)S(=O)(=O)Nc1cccc(Nc2nc(Cl)ncc2F)c1. The quantitative estimate of drug-likeness (QED) is 0.816. The second kappa shape index (κ2) is 6.29. The summed E-state index contributed by atoms with van der Waals surface area (Å²) in [4.78, 5) is 7.26. The maximum Gasteiger partial charge on any atom is 0.237 e. The highest BCUT2D eigenvalue weighted by molar-refractivity contribution is 7.94. The van der Waals surface area contributed by atoms with Gasteiger partial charge >= 0.3 is 0 Å². The van der Waals surface area contributed by atoms with Crippen molar-refractivity contribution < 1.29 is 12.8 Å². The van der Waals surface area contributed by atoms with Crippen molar-refractivity contribution in [2.75, 3.05) is 10.0 Å². The molecule has 6 nitrogen and oxygen atoms in total. The van der Waals surface area contributed by atoms with Crippen molar-refractivity contribution in [1.82, 2.24) is 9.97 Å². The lowest BCUT2D eigenvalue weighted by Gasteiger charge is -2.20. The first-order chi connectivity index (χ1) is 10.6. The lowest BCUT2D eigenvalue weighted by Crippen LogP contribution is -2.33. The predicted molar refractivity (Wildman–Crippen MR) is 89.0 cm³/mol. The molecule has 0 bridgehead atoms. The van der Waals surface area contributed by atoms with Crippen LogP contribution in [0.2, 0.25) is 5.28 Å². The van der Waals surface area contributed by atoms with E-state index in [9.17, 15) is 12.8 Å². The summed E-state index contributed by atoms with van der Waals surface area (Å²) >= 11 is 5.63. The van der Waals surface area contributed by atoms with Crippen LogP contribution in [0.5, 0.6) is 0 Å². The third-order valence-electron chi connectivity index (χ3n) is 2.90. The third kappa shape index (κ3) is 4.29. The Morgan fingerprint density at radius 1 is 1.22 bits per heavy atom. The summed E-state index contributed by atoms with van der Waals surface area (Å²) in [6.45, 7) is 4.78. The van der Waals surface area contributed by atoms with Crippen LogP contribution in [0.4, 0.5) is 21.6 Å². The van der Waals surface area contributed by atoms with Gasteiger partial charge in [-0.05, 0) is 50.6 Å². The van der Waals surface area contributed by atoms with Gasteiger partial charge in [0.05, 0.1) is 16.6 Å². The van der Waals surface area contributed by atoms with Crippen LogP contribution in [0.1, 0.15) is 20.8 Å². The zero-order valence-electron chi connectivity index (χ0n) is 12.8. The van der Waals surface area contributed by atoms with E-state index in [0.717, 1.165) is 6.20 Å². The molecular formula is C14H16ClFN4O2S. The average molecular weight is 359 g/mol. The number of halogens is 2. The zero-order chi connectivity index (χ0) is 17.3. The molecule has 0 radical (unpaired) electrons. The van der Waals surface area contributed by atoms with Gasteiger partial charge in [-0.15, -0.1) is 0 Å². The van der Waals surface area contributed by atoms with Gasteiger partial charge < -0.3 is 5.32 Å². The van der Waals surface area contributed by atoms with Crippen molar-refractivity contribution in [3.8, 4) is 0 Å². The Morgan fingerprint density at radius 2 is 1.87 bits per heavy atom. The minimum Gasteiger partial charge on any atom is -0.338 e. The largest absolute Gasteiger partial charge is 0.338 e. The molecule has 124 valence electrons. The number of hydrogen-bond acceptors (Lipinski definition) is 5. The Morgan fingerprint density at radius 3 is 2.52 bits per heavy atom. The average Bonchev–Trinajstić information content (AvgIpc) is 2.41. The molecule has 2 rings (SSSR count). The fraction of sp³-hybridized carbons (Fsp3) is 0.286. The number of sulfonamides is 1. The molecule has 0 fully saturated rings. The Bertz CT molecular complexity index is 822. The van der Waals surface area contributed by atoms with Gasteiger partial charge in [-0.25, -0.2) is 17.8 Å². The summed E-state index contributed by atoms with van der Waals surface area (Å²) in [6.07, 6.45) is 0.948. The first kappa shape index (κ1) is 17.4. The van der Waals surface area contributed by atoms with E-state index in [0.29, 0.717) is 11.4 Å². The van der Waals surface area contributed by atoms with E-state index in [1.165, 1.54) is 6.07 Å². The van der Waals surface area contributed by atoms with Crippen molar-refractivity contribution in [3.63, 3.8) is 0 Å². The Kier molecular flexibility index (Phi) is 4.76. The molecule has 0 spiro atoms. The molecule has 2 aromatic rings. The molecular weight excluding hydrogens is 343 g/mol. The van der Waals surface area contributed by atoms with Gasteiger partial charge in [0.2, 0.25) is 15.3 Å². The second-order valence-corrected chi connectivity index (χ2v) is 8.53. The fourth-order valence-electron chi connectivity index (χ4n) is 1.54. The lowest BCUT2D eigenvalue weighted by atomic mass is 10.3. The number of rotatable bonds is 4. The second-order valence-electron chi connectivity index (χ2n) is 5.76. The molecule has 1 aromatic heterocycles. The Balaban J connectivity index is 2.26. The number of benzene rings is 1. The maximum atomic E-state index is 13.6. The minimum atomic E-state index is -3.55. The molecule has 0 aliphatic carbocycles. The summed E-state index contributed by atoms with van der Waals surface area (Å²) in [5, 5.41) is 2.63.